The lowest BCUT2D eigenvalue weighted by Crippen LogP contribution is -2.46. The van der Waals surface area contributed by atoms with Crippen molar-refractivity contribution in [2.24, 2.45) is 11.8 Å². The molecule has 190 valence electrons. The summed E-state index contributed by atoms with van der Waals surface area (Å²) in [5.41, 5.74) is 5.60. The van der Waals surface area contributed by atoms with Gasteiger partial charge in [0.25, 0.3) is 0 Å². The number of methoxy groups -OCH3 is 4. The highest BCUT2D eigenvalue weighted by Crippen LogP contribution is 2.48. The normalized spacial score (nSPS) is 25.7. The second-order valence-electron chi connectivity index (χ2n) is 10.2. The molecule has 0 radical (unpaired) electrons. The van der Waals surface area contributed by atoms with Crippen molar-refractivity contribution in [1.29, 1.82) is 0 Å². The minimum absolute atomic E-state index is 0.345. The van der Waals surface area contributed by atoms with Gasteiger partial charge in [-0.3, -0.25) is 4.90 Å². The van der Waals surface area contributed by atoms with Crippen molar-refractivity contribution in [1.82, 2.24) is 10.2 Å². The summed E-state index contributed by atoms with van der Waals surface area (Å²) in [4.78, 5) is 2.72. The molecule has 0 aliphatic carbocycles. The maximum Gasteiger partial charge on any atom is 0.161 e. The Labute approximate surface area is 209 Å². The fourth-order valence-electron chi connectivity index (χ4n) is 6.74. The predicted molar refractivity (Wildman–Crippen MR) is 138 cm³/mol. The molecular formula is C29H40N2O4. The molecule has 5 rings (SSSR count). The van der Waals surface area contributed by atoms with E-state index >= 15 is 0 Å². The minimum atomic E-state index is 0.345. The molecular weight excluding hydrogens is 440 g/mol. The number of nitrogens with zero attached hydrogens (tertiary/aromatic N) is 1. The molecule has 0 aromatic heterocycles. The Kier molecular flexibility index (Phi) is 7.12. The molecule has 2 aromatic rings. The van der Waals surface area contributed by atoms with Crippen molar-refractivity contribution < 1.29 is 18.9 Å². The molecule has 0 unspecified atom stereocenters. The van der Waals surface area contributed by atoms with Gasteiger partial charge in [-0.1, -0.05) is 13.3 Å². The number of rotatable bonds is 7. The highest BCUT2D eigenvalue weighted by molar-refractivity contribution is 5.50. The summed E-state index contributed by atoms with van der Waals surface area (Å²) in [5.74, 6) is 4.69. The number of piperidine rings is 1. The number of hydrogen-bond donors (Lipinski definition) is 1. The van der Waals surface area contributed by atoms with Crippen molar-refractivity contribution in [2.75, 3.05) is 48.1 Å². The van der Waals surface area contributed by atoms with Crippen LogP contribution in [-0.2, 0) is 12.8 Å². The van der Waals surface area contributed by atoms with Gasteiger partial charge in [-0.25, -0.2) is 0 Å². The largest absolute Gasteiger partial charge is 0.493 e. The Balaban J connectivity index is 1.43. The van der Waals surface area contributed by atoms with Crippen molar-refractivity contribution in [3.63, 3.8) is 0 Å². The third-order valence-corrected chi connectivity index (χ3v) is 8.64. The highest BCUT2D eigenvalue weighted by atomic mass is 16.5. The van der Waals surface area contributed by atoms with E-state index < -0.39 is 0 Å². The summed E-state index contributed by atoms with van der Waals surface area (Å²) in [5, 5.41) is 3.83. The molecule has 1 fully saturated rings. The fourth-order valence-corrected chi connectivity index (χ4v) is 6.74. The monoisotopic (exact) mass is 480 g/mol. The molecule has 3 heterocycles. The van der Waals surface area contributed by atoms with E-state index in [0.29, 0.717) is 23.9 Å². The number of fused-ring (bicyclic) bond motifs is 4. The molecule has 4 atom stereocenters. The third-order valence-electron chi connectivity index (χ3n) is 8.64. The number of nitrogens with one attached hydrogen (secondary N) is 1. The predicted octanol–water partition coefficient (Wildman–Crippen LogP) is 4.94. The number of ether oxygens (including phenoxy) is 4. The molecule has 2 aromatic carbocycles. The first-order chi connectivity index (χ1) is 17.1. The van der Waals surface area contributed by atoms with Gasteiger partial charge in [0.1, 0.15) is 0 Å². The summed E-state index contributed by atoms with van der Waals surface area (Å²) in [6.45, 7) is 5.66. The Bertz CT molecular complexity index is 1050. The van der Waals surface area contributed by atoms with E-state index in [1.165, 1.54) is 41.6 Å². The van der Waals surface area contributed by atoms with Gasteiger partial charge >= 0.3 is 0 Å². The van der Waals surface area contributed by atoms with Crippen LogP contribution in [0.3, 0.4) is 0 Å². The molecule has 0 amide bonds. The average molecular weight is 481 g/mol. The smallest absolute Gasteiger partial charge is 0.161 e. The van der Waals surface area contributed by atoms with Crippen LogP contribution in [0.5, 0.6) is 23.0 Å². The van der Waals surface area contributed by atoms with E-state index in [-0.39, 0.29) is 0 Å². The summed E-state index contributed by atoms with van der Waals surface area (Å²) in [6, 6.07) is 9.61. The quantitative estimate of drug-likeness (QED) is 0.606. The molecule has 3 aliphatic rings. The zero-order valence-electron chi connectivity index (χ0n) is 21.9. The maximum atomic E-state index is 5.68. The zero-order chi connectivity index (χ0) is 24.5. The van der Waals surface area contributed by atoms with E-state index in [4.69, 9.17) is 18.9 Å². The number of benzene rings is 2. The standard InChI is InChI=1S/C29H40N2O4/c1-6-18-17-31-10-8-20-14-27(33-3)29(35-5)16-23(20)25(31)12-21(18)11-24-22-15-28(34-4)26(32-2)13-19(22)7-9-30-24/h13-16,18,21,24-25,30H,6-12,17H2,1-5H3/t18-,21-,24-,25+/m1/s1. The van der Waals surface area contributed by atoms with E-state index in [1.54, 1.807) is 28.4 Å². The second kappa shape index (κ2) is 10.3. The molecule has 35 heavy (non-hydrogen) atoms. The molecule has 0 spiro atoms. The van der Waals surface area contributed by atoms with Gasteiger partial charge in [0.05, 0.1) is 28.4 Å². The molecule has 6 nitrogen and oxygen atoms in total. The number of hydrogen-bond acceptors (Lipinski definition) is 6. The van der Waals surface area contributed by atoms with Crippen molar-refractivity contribution >= 4 is 0 Å². The first-order valence-electron chi connectivity index (χ1n) is 13.1. The molecule has 6 heteroatoms. The van der Waals surface area contributed by atoms with Crippen LogP contribution in [0.1, 0.15) is 60.5 Å². The molecule has 0 saturated carbocycles. The first kappa shape index (κ1) is 24.3. The Morgan fingerprint density at radius 3 is 2.03 bits per heavy atom. The van der Waals surface area contributed by atoms with Gasteiger partial charge in [-0.2, -0.15) is 0 Å². The SMILES string of the molecule is CC[C@@H]1CN2CCc3cc(OC)c(OC)cc3[C@@H]2C[C@H]1C[C@H]1NCCc2cc(OC)c(OC)cc21. The first-order valence-corrected chi connectivity index (χ1v) is 13.1. The van der Waals surface area contributed by atoms with E-state index in [0.717, 1.165) is 55.4 Å². The van der Waals surface area contributed by atoms with E-state index in [1.807, 2.05) is 0 Å². The van der Waals surface area contributed by atoms with Crippen LogP contribution in [0.15, 0.2) is 24.3 Å². The van der Waals surface area contributed by atoms with Crippen molar-refractivity contribution in [3.05, 3.63) is 46.5 Å². The van der Waals surface area contributed by atoms with Crippen molar-refractivity contribution in [3.8, 4) is 23.0 Å². The van der Waals surface area contributed by atoms with Gasteiger partial charge in [0.15, 0.2) is 23.0 Å². The van der Waals surface area contributed by atoms with Gasteiger partial charge in [-0.15, -0.1) is 0 Å². The Morgan fingerprint density at radius 1 is 0.800 bits per heavy atom. The van der Waals surface area contributed by atoms with Crippen LogP contribution in [0.25, 0.3) is 0 Å². The zero-order valence-corrected chi connectivity index (χ0v) is 21.9. The van der Waals surface area contributed by atoms with Crippen LogP contribution in [-0.4, -0.2) is 53.0 Å². The van der Waals surface area contributed by atoms with Crippen LogP contribution >= 0.6 is 0 Å². The van der Waals surface area contributed by atoms with Gasteiger partial charge in [0.2, 0.25) is 0 Å². The topological polar surface area (TPSA) is 52.2 Å². The van der Waals surface area contributed by atoms with Crippen LogP contribution in [0.2, 0.25) is 0 Å². The maximum absolute atomic E-state index is 5.68. The van der Waals surface area contributed by atoms with Gasteiger partial charge in [0, 0.05) is 25.2 Å². The van der Waals surface area contributed by atoms with Crippen LogP contribution in [0, 0.1) is 11.8 Å². The second-order valence-corrected chi connectivity index (χ2v) is 10.2. The molecule has 0 bridgehead atoms. The highest BCUT2D eigenvalue weighted by Gasteiger charge is 2.40. The lowest BCUT2D eigenvalue weighted by atomic mass is 9.72. The average Bonchev–Trinajstić information content (AvgIpc) is 2.91. The summed E-state index contributed by atoms with van der Waals surface area (Å²) in [6.07, 6.45) is 5.65. The molecule has 1 saturated heterocycles. The molecule has 3 aliphatic heterocycles. The van der Waals surface area contributed by atoms with Gasteiger partial charge in [-0.05, 0) is 90.6 Å². The van der Waals surface area contributed by atoms with E-state index in [9.17, 15) is 0 Å². The summed E-state index contributed by atoms with van der Waals surface area (Å²) < 4.78 is 22.5. The fraction of sp³-hybridized carbons (Fsp3) is 0.586. The molecule has 1 N–H and O–H groups in total. The Hall–Kier alpha value is -2.44. The third kappa shape index (κ3) is 4.47. The summed E-state index contributed by atoms with van der Waals surface area (Å²) in [7, 11) is 6.90. The van der Waals surface area contributed by atoms with Crippen LogP contribution in [0.4, 0.5) is 0 Å². The van der Waals surface area contributed by atoms with Crippen LogP contribution < -0.4 is 24.3 Å². The lowest BCUT2D eigenvalue weighted by molar-refractivity contribution is 0.0434. The minimum Gasteiger partial charge on any atom is -0.493 e. The Morgan fingerprint density at radius 2 is 1.40 bits per heavy atom. The van der Waals surface area contributed by atoms with Gasteiger partial charge < -0.3 is 24.3 Å². The lowest BCUT2D eigenvalue weighted by Gasteiger charge is -2.48. The van der Waals surface area contributed by atoms with Crippen molar-refractivity contribution in [2.45, 2.75) is 51.1 Å². The van der Waals surface area contributed by atoms with E-state index in [2.05, 4.69) is 41.4 Å². The summed E-state index contributed by atoms with van der Waals surface area (Å²) >= 11 is 0.